The van der Waals surface area contributed by atoms with Crippen LogP contribution in [-0.2, 0) is 15.4 Å². The highest BCUT2D eigenvalue weighted by Gasteiger charge is 2.47. The van der Waals surface area contributed by atoms with E-state index in [9.17, 15) is 8.42 Å². The maximum Gasteiger partial charge on any atom is 0.235 e. The van der Waals surface area contributed by atoms with E-state index in [0.717, 1.165) is 18.5 Å². The molecular formula is C15H21NO2S. The standard InChI is InChI=1S/C15H21NO2S/c1-2-11-19(17,18)16-12-15(9-5-6-10-15)13-7-3-4-8-14(13)16/h3-4,7-8H,2,5-6,9-12H2,1H3. The first kappa shape index (κ1) is 13.0. The minimum atomic E-state index is -3.15. The number of benzene rings is 1. The Bertz CT molecular complexity index is 574. The third-order valence-corrected chi connectivity index (χ3v) is 6.47. The minimum absolute atomic E-state index is 0.0946. The molecule has 0 aromatic heterocycles. The van der Waals surface area contributed by atoms with Gasteiger partial charge in [0.15, 0.2) is 0 Å². The average molecular weight is 279 g/mol. The van der Waals surface area contributed by atoms with Gasteiger partial charge in [0.25, 0.3) is 0 Å². The molecule has 1 saturated carbocycles. The molecule has 3 rings (SSSR count). The van der Waals surface area contributed by atoms with Gasteiger partial charge in [0, 0.05) is 12.0 Å². The van der Waals surface area contributed by atoms with Crippen LogP contribution in [0.25, 0.3) is 0 Å². The number of hydrogen-bond donors (Lipinski definition) is 0. The number of hydrogen-bond acceptors (Lipinski definition) is 2. The fraction of sp³-hybridized carbons (Fsp3) is 0.600. The molecule has 1 aromatic rings. The molecule has 0 radical (unpaired) electrons. The van der Waals surface area contributed by atoms with Crippen LogP contribution in [0.5, 0.6) is 0 Å². The topological polar surface area (TPSA) is 37.4 Å². The van der Waals surface area contributed by atoms with Crippen molar-refractivity contribution < 1.29 is 8.42 Å². The van der Waals surface area contributed by atoms with Crippen molar-refractivity contribution in [3.63, 3.8) is 0 Å². The molecule has 1 heterocycles. The van der Waals surface area contributed by atoms with Crippen LogP contribution in [0.2, 0.25) is 0 Å². The molecule has 0 amide bonds. The Morgan fingerprint density at radius 2 is 1.89 bits per heavy atom. The van der Waals surface area contributed by atoms with Gasteiger partial charge >= 0.3 is 0 Å². The minimum Gasteiger partial charge on any atom is -0.269 e. The monoisotopic (exact) mass is 279 g/mol. The van der Waals surface area contributed by atoms with Crippen molar-refractivity contribution >= 4 is 15.7 Å². The molecule has 1 aliphatic carbocycles. The molecule has 1 aliphatic heterocycles. The molecule has 0 bridgehead atoms. The molecule has 1 fully saturated rings. The Morgan fingerprint density at radius 3 is 2.58 bits per heavy atom. The molecule has 0 N–H and O–H groups in total. The first-order chi connectivity index (χ1) is 9.09. The maximum absolute atomic E-state index is 12.5. The van der Waals surface area contributed by atoms with E-state index in [1.165, 1.54) is 18.4 Å². The van der Waals surface area contributed by atoms with Crippen LogP contribution in [0, 0.1) is 0 Å². The summed E-state index contributed by atoms with van der Waals surface area (Å²) in [5.41, 5.74) is 2.28. The summed E-state index contributed by atoms with van der Waals surface area (Å²) >= 11 is 0. The van der Waals surface area contributed by atoms with E-state index in [-0.39, 0.29) is 11.2 Å². The van der Waals surface area contributed by atoms with Crippen molar-refractivity contribution in [1.29, 1.82) is 0 Å². The smallest absolute Gasteiger partial charge is 0.235 e. The lowest BCUT2D eigenvalue weighted by Gasteiger charge is -2.25. The van der Waals surface area contributed by atoms with Crippen LogP contribution in [0.4, 0.5) is 5.69 Å². The summed E-state index contributed by atoms with van der Waals surface area (Å²) in [5, 5.41) is 0. The quantitative estimate of drug-likeness (QED) is 0.852. The van der Waals surface area contributed by atoms with Crippen molar-refractivity contribution in [2.75, 3.05) is 16.6 Å². The summed E-state index contributed by atoms with van der Waals surface area (Å²) in [6.45, 7) is 2.58. The van der Waals surface area contributed by atoms with Gasteiger partial charge in [-0.05, 0) is 30.9 Å². The predicted octanol–water partition coefficient (Wildman–Crippen LogP) is 3.06. The highest BCUT2D eigenvalue weighted by atomic mass is 32.2. The van der Waals surface area contributed by atoms with Gasteiger partial charge in [-0.2, -0.15) is 0 Å². The second-order valence-electron chi connectivity index (χ2n) is 5.83. The van der Waals surface area contributed by atoms with E-state index in [2.05, 4.69) is 6.07 Å². The normalized spacial score (nSPS) is 21.0. The van der Waals surface area contributed by atoms with Crippen LogP contribution >= 0.6 is 0 Å². The zero-order valence-corrected chi connectivity index (χ0v) is 12.2. The number of rotatable bonds is 3. The Morgan fingerprint density at radius 1 is 1.21 bits per heavy atom. The van der Waals surface area contributed by atoms with Crippen molar-refractivity contribution in [3.8, 4) is 0 Å². The number of fused-ring (bicyclic) bond motifs is 2. The number of nitrogens with zero attached hydrogens (tertiary/aromatic N) is 1. The van der Waals surface area contributed by atoms with E-state index >= 15 is 0 Å². The summed E-state index contributed by atoms with van der Waals surface area (Å²) in [6.07, 6.45) is 5.37. The lowest BCUT2D eigenvalue weighted by atomic mass is 9.81. The molecule has 1 aromatic carbocycles. The van der Waals surface area contributed by atoms with Gasteiger partial charge in [0.05, 0.1) is 11.4 Å². The van der Waals surface area contributed by atoms with Crippen molar-refractivity contribution in [1.82, 2.24) is 0 Å². The Labute approximate surface area is 115 Å². The lowest BCUT2D eigenvalue weighted by Crippen LogP contribution is -2.36. The fourth-order valence-electron chi connectivity index (χ4n) is 3.68. The molecule has 104 valence electrons. The van der Waals surface area contributed by atoms with Gasteiger partial charge in [-0.3, -0.25) is 4.31 Å². The molecular weight excluding hydrogens is 258 g/mol. The van der Waals surface area contributed by atoms with Crippen LogP contribution in [0.15, 0.2) is 24.3 Å². The highest BCUT2D eigenvalue weighted by Crippen LogP contribution is 2.51. The number of anilines is 1. The van der Waals surface area contributed by atoms with Crippen LogP contribution in [0.1, 0.15) is 44.6 Å². The van der Waals surface area contributed by atoms with Gasteiger partial charge in [-0.25, -0.2) is 8.42 Å². The molecule has 4 heteroatoms. The summed E-state index contributed by atoms with van der Waals surface area (Å²) in [7, 11) is -3.15. The van der Waals surface area contributed by atoms with Gasteiger partial charge in [0.2, 0.25) is 10.0 Å². The van der Waals surface area contributed by atoms with Gasteiger partial charge in [0.1, 0.15) is 0 Å². The fourth-order valence-corrected chi connectivity index (χ4v) is 5.32. The van der Waals surface area contributed by atoms with Crippen LogP contribution in [0.3, 0.4) is 0 Å². The lowest BCUT2D eigenvalue weighted by molar-refractivity contribution is 0.477. The van der Waals surface area contributed by atoms with Crippen LogP contribution < -0.4 is 4.31 Å². The van der Waals surface area contributed by atoms with Gasteiger partial charge < -0.3 is 0 Å². The van der Waals surface area contributed by atoms with Crippen LogP contribution in [-0.4, -0.2) is 20.7 Å². The third-order valence-electron chi connectivity index (χ3n) is 4.55. The molecule has 3 nitrogen and oxygen atoms in total. The molecule has 2 aliphatic rings. The van der Waals surface area contributed by atoms with Gasteiger partial charge in [-0.15, -0.1) is 0 Å². The molecule has 0 saturated heterocycles. The Hall–Kier alpha value is -1.03. The summed E-state index contributed by atoms with van der Waals surface area (Å²) in [4.78, 5) is 0. The van der Waals surface area contributed by atoms with Crippen molar-refractivity contribution in [3.05, 3.63) is 29.8 Å². The molecule has 0 atom stereocenters. The number of sulfonamides is 1. The third kappa shape index (κ3) is 1.97. The van der Waals surface area contributed by atoms with Crippen molar-refractivity contribution in [2.24, 2.45) is 0 Å². The molecule has 19 heavy (non-hydrogen) atoms. The molecule has 0 unspecified atom stereocenters. The zero-order valence-electron chi connectivity index (χ0n) is 11.4. The van der Waals surface area contributed by atoms with E-state index in [1.807, 2.05) is 25.1 Å². The first-order valence-electron chi connectivity index (χ1n) is 7.19. The highest BCUT2D eigenvalue weighted by molar-refractivity contribution is 7.92. The van der Waals surface area contributed by atoms with Gasteiger partial charge in [-0.1, -0.05) is 38.0 Å². The molecule has 1 spiro atoms. The Balaban J connectivity index is 2.07. The predicted molar refractivity (Wildman–Crippen MR) is 78.0 cm³/mol. The summed E-state index contributed by atoms with van der Waals surface area (Å²) in [5.74, 6) is 0.247. The largest absolute Gasteiger partial charge is 0.269 e. The van der Waals surface area contributed by atoms with E-state index < -0.39 is 10.0 Å². The first-order valence-corrected chi connectivity index (χ1v) is 8.80. The van der Waals surface area contributed by atoms with Crippen molar-refractivity contribution in [2.45, 2.75) is 44.4 Å². The van der Waals surface area contributed by atoms with E-state index in [4.69, 9.17) is 0 Å². The second kappa shape index (κ2) is 4.51. The van der Waals surface area contributed by atoms with E-state index in [0.29, 0.717) is 13.0 Å². The van der Waals surface area contributed by atoms with E-state index in [1.54, 1.807) is 4.31 Å². The Kier molecular flexibility index (Phi) is 3.08. The zero-order chi connectivity index (χ0) is 13.5. The average Bonchev–Trinajstić information content (AvgIpc) is 2.98. The SMILES string of the molecule is CCCS(=O)(=O)N1CC2(CCCC2)c2ccccc21. The number of para-hydroxylation sites is 1. The maximum atomic E-state index is 12.5. The summed E-state index contributed by atoms with van der Waals surface area (Å²) in [6, 6.07) is 8.08. The second-order valence-corrected chi connectivity index (χ2v) is 7.84. The summed E-state index contributed by atoms with van der Waals surface area (Å²) < 4.78 is 26.6.